The summed E-state index contributed by atoms with van der Waals surface area (Å²) in [6.45, 7) is 4.95. The molecule has 0 radical (unpaired) electrons. The molecule has 2 unspecified atom stereocenters. The summed E-state index contributed by atoms with van der Waals surface area (Å²) in [5.74, 6) is 2.14. The third kappa shape index (κ3) is 1.28. The third-order valence-corrected chi connectivity index (χ3v) is 9.99. The van der Waals surface area contributed by atoms with Crippen molar-refractivity contribution in [2.45, 2.75) is 50.9 Å². The summed E-state index contributed by atoms with van der Waals surface area (Å²) in [5, 5.41) is 0. The average molecular weight is 168 g/mol. The smallest absolute Gasteiger partial charge is 0.0541 e. The molecule has 2 atom stereocenters. The lowest BCUT2D eigenvalue weighted by Crippen LogP contribution is -2.25. The van der Waals surface area contributed by atoms with Gasteiger partial charge in [-0.3, -0.25) is 0 Å². The first kappa shape index (κ1) is 7.84. The molecule has 0 aromatic carbocycles. The van der Waals surface area contributed by atoms with Crippen LogP contribution in [0.3, 0.4) is 0 Å². The normalized spacial score (nSPS) is 42.0. The minimum atomic E-state index is -0.595. The molecule has 0 N–H and O–H groups in total. The van der Waals surface area contributed by atoms with Crippen LogP contribution in [0.5, 0.6) is 0 Å². The predicted molar refractivity (Wildman–Crippen MR) is 52.5 cm³/mol. The summed E-state index contributed by atoms with van der Waals surface area (Å²) in [6.07, 6.45) is 3.15. The van der Waals surface area contributed by atoms with Gasteiger partial charge in [0.15, 0.2) is 0 Å². The van der Waals surface area contributed by atoms with Crippen LogP contribution in [0.15, 0.2) is 0 Å². The van der Waals surface area contributed by atoms with Gasteiger partial charge >= 0.3 is 0 Å². The molecule has 64 valence electrons. The van der Waals surface area contributed by atoms with Crippen molar-refractivity contribution in [3.05, 3.63) is 0 Å². The van der Waals surface area contributed by atoms with Gasteiger partial charge in [-0.15, -0.1) is 0 Å². The van der Waals surface area contributed by atoms with Crippen molar-refractivity contribution in [3.8, 4) is 0 Å². The number of hydrogen-bond acceptors (Lipinski definition) is 0. The summed E-state index contributed by atoms with van der Waals surface area (Å²) in [6, 6.07) is 6.71. The molecule has 2 heterocycles. The van der Waals surface area contributed by atoms with E-state index in [1.807, 2.05) is 0 Å². The zero-order chi connectivity index (χ0) is 7.90. The van der Waals surface area contributed by atoms with Gasteiger partial charge in [-0.05, 0) is 11.8 Å². The Bertz CT molecular complexity index is 135. The topological polar surface area (TPSA) is 0 Å². The van der Waals surface area contributed by atoms with E-state index in [-0.39, 0.29) is 0 Å². The van der Waals surface area contributed by atoms with E-state index in [9.17, 15) is 0 Å². The Labute approximate surface area is 71.4 Å². The molecule has 0 aliphatic carbocycles. The minimum Gasteiger partial charge on any atom is -0.0625 e. The van der Waals surface area contributed by atoms with Crippen molar-refractivity contribution in [2.24, 2.45) is 11.8 Å². The molecule has 2 saturated heterocycles. The van der Waals surface area contributed by atoms with E-state index in [2.05, 4.69) is 13.8 Å². The van der Waals surface area contributed by atoms with Crippen LogP contribution < -0.4 is 0 Å². The first-order valence-corrected chi connectivity index (χ1v) is 8.05. The van der Waals surface area contributed by atoms with Crippen molar-refractivity contribution in [3.63, 3.8) is 0 Å². The first-order chi connectivity index (χ1) is 5.22. The van der Waals surface area contributed by atoms with Gasteiger partial charge in [0.05, 0.1) is 8.07 Å². The number of hydrogen-bond donors (Lipinski definition) is 0. The molecule has 1 heteroatoms. The Balaban J connectivity index is 2.06. The highest BCUT2D eigenvalue weighted by molar-refractivity contribution is 6.81. The molecule has 2 aliphatic heterocycles. The monoisotopic (exact) mass is 168 g/mol. The van der Waals surface area contributed by atoms with E-state index in [1.54, 1.807) is 37.0 Å². The van der Waals surface area contributed by atoms with Gasteiger partial charge < -0.3 is 0 Å². The molecule has 0 aromatic heterocycles. The fourth-order valence-corrected chi connectivity index (χ4v) is 10.2. The summed E-state index contributed by atoms with van der Waals surface area (Å²) in [4.78, 5) is 0. The van der Waals surface area contributed by atoms with Gasteiger partial charge in [-0.25, -0.2) is 0 Å². The van der Waals surface area contributed by atoms with Gasteiger partial charge in [-0.2, -0.15) is 0 Å². The van der Waals surface area contributed by atoms with Gasteiger partial charge in [0.25, 0.3) is 0 Å². The van der Waals surface area contributed by atoms with E-state index in [1.165, 1.54) is 0 Å². The average Bonchev–Trinajstić information content (AvgIpc) is 2.46. The standard InChI is InChI=1S/C10H20Si/c1-9-7-11(8-10(9)2)5-3-4-6-11/h9-10H,3-8H2,1-2H3. The Morgan fingerprint density at radius 3 is 1.82 bits per heavy atom. The third-order valence-electron chi connectivity index (χ3n) is 4.15. The molecule has 0 amide bonds. The lowest BCUT2D eigenvalue weighted by Gasteiger charge is -2.19. The van der Waals surface area contributed by atoms with Gasteiger partial charge in [-0.1, -0.05) is 50.9 Å². The summed E-state index contributed by atoms with van der Waals surface area (Å²) < 4.78 is 0. The van der Waals surface area contributed by atoms with Crippen LogP contribution in [0.1, 0.15) is 26.7 Å². The maximum Gasteiger partial charge on any atom is 0.0541 e. The van der Waals surface area contributed by atoms with Gasteiger partial charge in [0.1, 0.15) is 0 Å². The fraction of sp³-hybridized carbons (Fsp3) is 1.00. The SMILES string of the molecule is CC1C[Si]2(CCCC2)CC1C. The summed E-state index contributed by atoms with van der Waals surface area (Å²) in [7, 11) is -0.595. The van der Waals surface area contributed by atoms with Crippen LogP contribution in [0.2, 0.25) is 24.2 Å². The Kier molecular flexibility index (Phi) is 1.87. The maximum absolute atomic E-state index is 2.48. The van der Waals surface area contributed by atoms with Crippen molar-refractivity contribution < 1.29 is 0 Å². The largest absolute Gasteiger partial charge is 0.0625 e. The molecule has 0 bridgehead atoms. The highest BCUT2D eigenvalue weighted by atomic mass is 28.3. The van der Waals surface area contributed by atoms with Crippen LogP contribution in [0.4, 0.5) is 0 Å². The first-order valence-electron chi connectivity index (χ1n) is 5.22. The second-order valence-electron chi connectivity index (χ2n) is 5.07. The molecule has 2 fully saturated rings. The molecule has 2 rings (SSSR count). The zero-order valence-electron chi connectivity index (χ0n) is 7.90. The Morgan fingerprint density at radius 2 is 1.36 bits per heavy atom. The lowest BCUT2D eigenvalue weighted by molar-refractivity contribution is 0.486. The molecule has 2 aliphatic rings. The predicted octanol–water partition coefficient (Wildman–Crippen LogP) is 3.51. The van der Waals surface area contributed by atoms with E-state index in [0.29, 0.717) is 0 Å². The fourth-order valence-electron chi connectivity index (χ4n) is 3.38. The molecule has 0 aromatic rings. The van der Waals surface area contributed by atoms with Crippen molar-refractivity contribution in [1.82, 2.24) is 0 Å². The van der Waals surface area contributed by atoms with E-state index in [4.69, 9.17) is 0 Å². The minimum absolute atomic E-state index is 0.595. The Hall–Kier alpha value is 0.217. The number of rotatable bonds is 0. The molecule has 0 nitrogen and oxygen atoms in total. The van der Waals surface area contributed by atoms with Crippen LogP contribution in [-0.4, -0.2) is 8.07 Å². The van der Waals surface area contributed by atoms with Crippen molar-refractivity contribution >= 4 is 8.07 Å². The van der Waals surface area contributed by atoms with Crippen LogP contribution in [-0.2, 0) is 0 Å². The second-order valence-corrected chi connectivity index (χ2v) is 9.89. The summed E-state index contributed by atoms with van der Waals surface area (Å²) >= 11 is 0. The summed E-state index contributed by atoms with van der Waals surface area (Å²) in [5.41, 5.74) is 0. The molecular formula is C10H20Si. The van der Waals surface area contributed by atoms with Crippen LogP contribution in [0, 0.1) is 11.8 Å². The van der Waals surface area contributed by atoms with E-state index >= 15 is 0 Å². The highest BCUT2D eigenvalue weighted by Gasteiger charge is 2.44. The van der Waals surface area contributed by atoms with Crippen molar-refractivity contribution in [2.75, 3.05) is 0 Å². The van der Waals surface area contributed by atoms with Crippen LogP contribution >= 0.6 is 0 Å². The van der Waals surface area contributed by atoms with Crippen molar-refractivity contribution in [1.29, 1.82) is 0 Å². The Morgan fingerprint density at radius 1 is 0.909 bits per heavy atom. The quantitative estimate of drug-likeness (QED) is 0.486. The van der Waals surface area contributed by atoms with Crippen LogP contribution in [0.25, 0.3) is 0 Å². The van der Waals surface area contributed by atoms with E-state index in [0.717, 1.165) is 11.8 Å². The lowest BCUT2D eigenvalue weighted by atomic mass is 10.0. The molecule has 1 spiro atoms. The second kappa shape index (κ2) is 2.62. The van der Waals surface area contributed by atoms with E-state index < -0.39 is 8.07 Å². The zero-order valence-corrected chi connectivity index (χ0v) is 8.90. The maximum atomic E-state index is 2.48. The molecular weight excluding hydrogens is 148 g/mol. The van der Waals surface area contributed by atoms with Gasteiger partial charge in [0, 0.05) is 0 Å². The van der Waals surface area contributed by atoms with Gasteiger partial charge in [0.2, 0.25) is 0 Å². The highest BCUT2D eigenvalue weighted by Crippen LogP contribution is 2.48. The molecule has 0 saturated carbocycles. The molecule has 11 heavy (non-hydrogen) atoms.